The first-order valence-corrected chi connectivity index (χ1v) is 7.24. The molecule has 1 aliphatic heterocycles. The number of halogens is 3. The Morgan fingerprint density at radius 2 is 2.24 bits per heavy atom. The number of hydrazine groups is 1. The molecule has 0 aromatic heterocycles. The second-order valence-electron chi connectivity index (χ2n) is 4.97. The van der Waals surface area contributed by atoms with Crippen LogP contribution in [0.15, 0.2) is 12.1 Å². The molecule has 0 saturated heterocycles. The van der Waals surface area contributed by atoms with Crippen LogP contribution in [0.5, 0.6) is 5.75 Å². The van der Waals surface area contributed by atoms with Gasteiger partial charge in [0.15, 0.2) is 0 Å². The lowest BCUT2D eigenvalue weighted by Gasteiger charge is -2.18. The molecule has 1 aromatic rings. The molecular weight excluding hydrogens is 302 g/mol. The van der Waals surface area contributed by atoms with Gasteiger partial charge in [0.2, 0.25) is 0 Å². The predicted molar refractivity (Wildman–Crippen MR) is 76.9 cm³/mol. The van der Waals surface area contributed by atoms with Gasteiger partial charge >= 0.3 is 0 Å². The van der Waals surface area contributed by atoms with Crippen LogP contribution in [0.3, 0.4) is 0 Å². The third-order valence-electron chi connectivity index (χ3n) is 3.38. The molecule has 0 fully saturated rings. The molecule has 1 aliphatic rings. The highest BCUT2D eigenvalue weighted by Crippen LogP contribution is 2.33. The van der Waals surface area contributed by atoms with E-state index in [1.807, 2.05) is 12.1 Å². The smallest absolute Gasteiger partial charge is 0.261 e. The van der Waals surface area contributed by atoms with Crippen LogP contribution in [0.2, 0.25) is 5.02 Å². The largest absolute Gasteiger partial charge is 0.493 e. The molecule has 7 heteroatoms. The zero-order valence-corrected chi connectivity index (χ0v) is 12.3. The zero-order valence-electron chi connectivity index (χ0n) is 11.6. The molecule has 1 unspecified atom stereocenters. The highest BCUT2D eigenvalue weighted by atomic mass is 35.5. The van der Waals surface area contributed by atoms with Crippen molar-refractivity contribution in [3.63, 3.8) is 0 Å². The van der Waals surface area contributed by atoms with Crippen molar-refractivity contribution in [3.8, 4) is 5.75 Å². The van der Waals surface area contributed by atoms with E-state index in [0.29, 0.717) is 24.5 Å². The van der Waals surface area contributed by atoms with E-state index in [2.05, 4.69) is 5.43 Å². The van der Waals surface area contributed by atoms with E-state index in [1.165, 1.54) is 0 Å². The molecule has 4 nitrogen and oxygen atoms in total. The predicted octanol–water partition coefficient (Wildman–Crippen LogP) is 2.32. The highest BCUT2D eigenvalue weighted by Gasteiger charge is 2.20. The fraction of sp³-hybridized carbons (Fsp3) is 0.571. The minimum Gasteiger partial charge on any atom is -0.493 e. The summed E-state index contributed by atoms with van der Waals surface area (Å²) in [6.07, 6.45) is -0.456. The summed E-state index contributed by atoms with van der Waals surface area (Å²) in [6, 6.07) is 3.68. The quantitative estimate of drug-likeness (QED) is 0.438. The molecule has 0 aliphatic carbocycles. The molecule has 118 valence electrons. The number of rotatable bonds is 8. The number of nitrogens with one attached hydrogen (secondary N) is 1. The maximum Gasteiger partial charge on any atom is 0.261 e. The fourth-order valence-corrected chi connectivity index (χ4v) is 2.67. The van der Waals surface area contributed by atoms with E-state index >= 15 is 0 Å². The van der Waals surface area contributed by atoms with Gasteiger partial charge in [-0.2, -0.15) is 0 Å². The second-order valence-corrected chi connectivity index (χ2v) is 5.41. The van der Waals surface area contributed by atoms with Crippen molar-refractivity contribution in [1.29, 1.82) is 0 Å². The molecular formula is C14H19ClF2N2O2. The molecule has 1 atom stereocenters. The van der Waals surface area contributed by atoms with E-state index in [4.69, 9.17) is 26.9 Å². The average molecular weight is 321 g/mol. The number of benzene rings is 1. The van der Waals surface area contributed by atoms with Gasteiger partial charge in [-0.3, -0.25) is 11.3 Å². The Labute approximate surface area is 127 Å². The van der Waals surface area contributed by atoms with Crippen LogP contribution >= 0.6 is 11.6 Å². The Morgan fingerprint density at radius 3 is 2.95 bits per heavy atom. The van der Waals surface area contributed by atoms with Crippen LogP contribution in [-0.4, -0.2) is 32.3 Å². The van der Waals surface area contributed by atoms with Gasteiger partial charge < -0.3 is 9.47 Å². The molecule has 0 saturated carbocycles. The number of hydrogen-bond donors (Lipinski definition) is 2. The van der Waals surface area contributed by atoms with Gasteiger partial charge in [-0.15, -0.1) is 0 Å². The van der Waals surface area contributed by atoms with Crippen molar-refractivity contribution >= 4 is 11.6 Å². The summed E-state index contributed by atoms with van der Waals surface area (Å²) in [5.74, 6) is 6.39. The summed E-state index contributed by atoms with van der Waals surface area (Å²) >= 11 is 6.10. The van der Waals surface area contributed by atoms with Crippen molar-refractivity contribution in [1.82, 2.24) is 5.43 Å². The summed E-state index contributed by atoms with van der Waals surface area (Å²) < 4.78 is 34.5. The lowest BCUT2D eigenvalue weighted by molar-refractivity contribution is 0.0144. The van der Waals surface area contributed by atoms with Crippen LogP contribution < -0.4 is 16.0 Å². The van der Waals surface area contributed by atoms with E-state index in [-0.39, 0.29) is 12.6 Å². The standard InChI is InChI=1S/C14H19ClF2N2O2/c15-11-5-9-1-4-21-14(9)10(6-11)7-12(19-18)2-3-20-8-13(16)17/h5-6,12-13,19H,1-4,7-8,18H2. The van der Waals surface area contributed by atoms with E-state index in [9.17, 15) is 8.78 Å². The topological polar surface area (TPSA) is 56.5 Å². The summed E-state index contributed by atoms with van der Waals surface area (Å²) in [7, 11) is 0. The summed E-state index contributed by atoms with van der Waals surface area (Å²) in [6.45, 7) is 0.330. The van der Waals surface area contributed by atoms with Gasteiger partial charge in [-0.25, -0.2) is 8.78 Å². The molecule has 2 rings (SSSR count). The molecule has 1 heterocycles. The lowest BCUT2D eigenvalue weighted by atomic mass is 10.0. The van der Waals surface area contributed by atoms with Gasteiger partial charge in [-0.05, 0) is 36.1 Å². The van der Waals surface area contributed by atoms with Crippen molar-refractivity contribution in [2.24, 2.45) is 5.84 Å². The first-order chi connectivity index (χ1) is 10.1. The lowest BCUT2D eigenvalue weighted by Crippen LogP contribution is -2.37. The number of ether oxygens (including phenoxy) is 2. The van der Waals surface area contributed by atoms with Gasteiger partial charge in [0.1, 0.15) is 12.4 Å². The summed E-state index contributed by atoms with van der Waals surface area (Å²) in [4.78, 5) is 0. The fourth-order valence-electron chi connectivity index (χ4n) is 2.41. The van der Waals surface area contributed by atoms with Crippen LogP contribution in [0.25, 0.3) is 0 Å². The van der Waals surface area contributed by atoms with Gasteiger partial charge in [0, 0.05) is 24.1 Å². The minimum atomic E-state index is -2.45. The molecule has 1 aromatic carbocycles. The summed E-state index contributed by atoms with van der Waals surface area (Å²) in [5, 5.41) is 0.666. The average Bonchev–Trinajstić information content (AvgIpc) is 2.89. The Hall–Kier alpha value is -0.950. The van der Waals surface area contributed by atoms with Crippen molar-refractivity contribution in [3.05, 3.63) is 28.3 Å². The summed E-state index contributed by atoms with van der Waals surface area (Å²) in [5.41, 5.74) is 4.76. The molecule has 0 bridgehead atoms. The van der Waals surface area contributed by atoms with E-state index in [0.717, 1.165) is 23.3 Å². The van der Waals surface area contributed by atoms with Crippen LogP contribution in [0, 0.1) is 0 Å². The van der Waals surface area contributed by atoms with Crippen molar-refractivity contribution in [2.45, 2.75) is 31.7 Å². The second kappa shape index (κ2) is 7.89. The third-order valence-corrected chi connectivity index (χ3v) is 3.60. The SMILES string of the molecule is NNC(CCOCC(F)F)Cc1cc(Cl)cc2c1OCC2. The number of hydrogen-bond acceptors (Lipinski definition) is 4. The molecule has 3 N–H and O–H groups in total. The van der Waals surface area contributed by atoms with E-state index < -0.39 is 13.0 Å². The van der Waals surface area contributed by atoms with Crippen LogP contribution in [0.1, 0.15) is 17.5 Å². The van der Waals surface area contributed by atoms with Gasteiger partial charge in [-0.1, -0.05) is 11.6 Å². The monoisotopic (exact) mass is 320 g/mol. The number of fused-ring (bicyclic) bond motifs is 1. The molecule has 0 radical (unpaired) electrons. The zero-order chi connectivity index (χ0) is 15.2. The molecule has 0 spiro atoms. The first kappa shape index (κ1) is 16.4. The van der Waals surface area contributed by atoms with Crippen molar-refractivity contribution < 1.29 is 18.3 Å². The maximum absolute atomic E-state index is 12.0. The first-order valence-electron chi connectivity index (χ1n) is 6.86. The molecule has 0 amide bonds. The minimum absolute atomic E-state index is 0.0885. The van der Waals surface area contributed by atoms with Gasteiger partial charge in [0.05, 0.1) is 6.61 Å². The van der Waals surface area contributed by atoms with E-state index in [1.54, 1.807) is 0 Å². The van der Waals surface area contributed by atoms with Crippen molar-refractivity contribution in [2.75, 3.05) is 19.8 Å². The maximum atomic E-state index is 12.0. The Kier molecular flexibility index (Phi) is 6.17. The Balaban J connectivity index is 1.93. The van der Waals surface area contributed by atoms with Crippen LogP contribution in [0.4, 0.5) is 8.78 Å². The number of alkyl halides is 2. The molecule has 21 heavy (non-hydrogen) atoms. The third kappa shape index (κ3) is 4.78. The van der Waals surface area contributed by atoms with Crippen LogP contribution in [-0.2, 0) is 17.6 Å². The normalized spacial score (nSPS) is 15.1. The Bertz CT molecular complexity index is 475. The Morgan fingerprint density at radius 1 is 1.43 bits per heavy atom. The van der Waals surface area contributed by atoms with Gasteiger partial charge in [0.25, 0.3) is 6.43 Å². The highest BCUT2D eigenvalue weighted by molar-refractivity contribution is 6.30. The number of nitrogens with two attached hydrogens (primary N) is 1.